The lowest BCUT2D eigenvalue weighted by molar-refractivity contribution is -0.0328. The number of imidazole rings is 1. The predicted molar refractivity (Wildman–Crippen MR) is 112 cm³/mol. The molecule has 2 heterocycles. The second kappa shape index (κ2) is 8.35. The molecule has 0 saturated heterocycles. The highest BCUT2D eigenvalue weighted by Gasteiger charge is 2.29. The molecule has 2 aromatic carbocycles. The topological polar surface area (TPSA) is 60.1 Å². The van der Waals surface area contributed by atoms with Crippen LogP contribution in [-0.4, -0.2) is 24.7 Å². The first-order valence-electron chi connectivity index (χ1n) is 9.18. The predicted octanol–water partition coefficient (Wildman–Crippen LogP) is 5.07. The zero-order valence-electron chi connectivity index (χ0n) is 16.0. The fraction of sp³-hybridized carbons (Fsp3) is 0.0909. The van der Waals surface area contributed by atoms with E-state index >= 15 is 0 Å². The average molecular weight is 443 g/mol. The molecular weight excluding hydrogens is 427 g/mol. The number of pyridine rings is 1. The zero-order chi connectivity index (χ0) is 22.0. The van der Waals surface area contributed by atoms with Gasteiger partial charge in [0.15, 0.2) is 0 Å². The third-order valence-electron chi connectivity index (χ3n) is 4.51. The molecule has 0 spiro atoms. The summed E-state index contributed by atoms with van der Waals surface area (Å²) in [6.45, 7) is 0.198. The van der Waals surface area contributed by atoms with Gasteiger partial charge in [0, 0.05) is 16.7 Å². The van der Waals surface area contributed by atoms with Crippen molar-refractivity contribution >= 4 is 11.8 Å². The number of aromatic hydroxyl groups is 1. The summed E-state index contributed by atoms with van der Waals surface area (Å²) in [7, 11) is 0. The Morgan fingerprint density at radius 3 is 2.39 bits per heavy atom. The molecule has 0 unspecified atom stereocenters. The summed E-state index contributed by atoms with van der Waals surface area (Å²) in [5.74, 6) is -0.307. The molecule has 0 aliphatic heterocycles. The normalized spacial score (nSPS) is 11.6. The van der Waals surface area contributed by atoms with E-state index in [0.717, 1.165) is 21.4 Å². The van der Waals surface area contributed by atoms with Crippen molar-refractivity contribution in [2.75, 3.05) is 0 Å². The van der Waals surface area contributed by atoms with Crippen LogP contribution in [-0.2, 0) is 6.54 Å². The van der Waals surface area contributed by atoms with Crippen LogP contribution in [0.5, 0.6) is 5.88 Å². The maximum atomic E-state index is 12.8. The maximum Gasteiger partial charge on any atom is 0.446 e. The Bertz CT molecular complexity index is 1250. The number of benzene rings is 2. The molecule has 0 aliphatic carbocycles. The van der Waals surface area contributed by atoms with Gasteiger partial charge in [-0.25, -0.2) is 9.36 Å². The van der Waals surface area contributed by atoms with Crippen LogP contribution >= 0.6 is 11.8 Å². The first kappa shape index (κ1) is 20.8. The Morgan fingerprint density at radius 2 is 1.71 bits per heavy atom. The fourth-order valence-electron chi connectivity index (χ4n) is 3.17. The Labute approximate surface area is 179 Å². The van der Waals surface area contributed by atoms with Crippen molar-refractivity contribution in [1.82, 2.24) is 14.1 Å². The minimum atomic E-state index is -4.40. The van der Waals surface area contributed by atoms with Crippen LogP contribution in [0.3, 0.4) is 0 Å². The number of nitrogens with zero attached hydrogens (tertiary/aromatic N) is 3. The lowest BCUT2D eigenvalue weighted by Crippen LogP contribution is -2.23. The van der Waals surface area contributed by atoms with Gasteiger partial charge < -0.3 is 5.11 Å². The van der Waals surface area contributed by atoms with Crippen LogP contribution in [0, 0.1) is 0 Å². The van der Waals surface area contributed by atoms with Gasteiger partial charge >= 0.3 is 11.2 Å². The monoisotopic (exact) mass is 443 g/mol. The molecule has 0 aliphatic rings. The highest BCUT2D eigenvalue weighted by molar-refractivity contribution is 8.00. The van der Waals surface area contributed by atoms with Crippen molar-refractivity contribution in [3.63, 3.8) is 0 Å². The van der Waals surface area contributed by atoms with E-state index in [-0.39, 0.29) is 34.8 Å². The van der Waals surface area contributed by atoms with E-state index in [1.54, 1.807) is 12.3 Å². The van der Waals surface area contributed by atoms with Gasteiger partial charge in [0.05, 0.1) is 24.1 Å². The molecule has 5 nitrogen and oxygen atoms in total. The van der Waals surface area contributed by atoms with E-state index < -0.39 is 11.2 Å². The lowest BCUT2D eigenvalue weighted by atomic mass is 10.1. The Morgan fingerprint density at radius 1 is 1.00 bits per heavy atom. The van der Waals surface area contributed by atoms with Gasteiger partial charge in [0.25, 0.3) is 0 Å². The van der Waals surface area contributed by atoms with Crippen LogP contribution < -0.4 is 5.69 Å². The van der Waals surface area contributed by atoms with Crippen molar-refractivity contribution < 1.29 is 18.3 Å². The molecule has 2 aromatic heterocycles. The van der Waals surface area contributed by atoms with Gasteiger partial charge in [-0.1, -0.05) is 30.3 Å². The Balaban J connectivity index is 1.60. The number of alkyl halides is 3. The summed E-state index contributed by atoms with van der Waals surface area (Å²) in [4.78, 5) is 17.2. The van der Waals surface area contributed by atoms with Gasteiger partial charge in [-0.05, 0) is 53.7 Å². The highest BCUT2D eigenvalue weighted by Crippen LogP contribution is 2.37. The van der Waals surface area contributed by atoms with E-state index in [0.29, 0.717) is 0 Å². The van der Waals surface area contributed by atoms with E-state index in [9.17, 15) is 23.1 Å². The summed E-state index contributed by atoms with van der Waals surface area (Å²) in [6.07, 6.45) is 2.94. The number of halogens is 3. The van der Waals surface area contributed by atoms with Crippen LogP contribution in [0.25, 0.3) is 16.9 Å². The van der Waals surface area contributed by atoms with Crippen molar-refractivity contribution in [2.45, 2.75) is 16.9 Å². The van der Waals surface area contributed by atoms with Gasteiger partial charge in [-0.2, -0.15) is 13.2 Å². The Kier molecular flexibility index (Phi) is 5.60. The summed E-state index contributed by atoms with van der Waals surface area (Å²) in [5, 5.41) is 10.3. The first-order chi connectivity index (χ1) is 14.8. The molecule has 9 heteroatoms. The second-order valence-corrected chi connectivity index (χ2v) is 7.83. The first-order valence-corrected chi connectivity index (χ1v) is 9.99. The fourth-order valence-corrected chi connectivity index (χ4v) is 3.71. The summed E-state index contributed by atoms with van der Waals surface area (Å²) in [6, 6.07) is 18.5. The lowest BCUT2D eigenvalue weighted by Gasteiger charge is -2.07. The molecule has 4 aromatic rings. The molecule has 158 valence electrons. The number of rotatable bonds is 5. The van der Waals surface area contributed by atoms with Crippen LogP contribution in [0.1, 0.15) is 5.56 Å². The Hall–Kier alpha value is -3.46. The molecule has 0 bridgehead atoms. The van der Waals surface area contributed by atoms with Crippen LogP contribution in [0.4, 0.5) is 13.2 Å². The molecular formula is C22H16F3N3O2S. The van der Waals surface area contributed by atoms with Gasteiger partial charge in [-0.15, -0.1) is 0 Å². The molecule has 0 amide bonds. The summed E-state index contributed by atoms with van der Waals surface area (Å²) >= 11 is -0.242. The molecule has 0 fully saturated rings. The quantitative estimate of drug-likeness (QED) is 0.438. The molecule has 4 rings (SSSR count). The largest absolute Gasteiger partial charge is 0.493 e. The molecule has 0 atom stereocenters. The minimum Gasteiger partial charge on any atom is -0.493 e. The molecule has 0 radical (unpaired) electrons. The number of hydrogen-bond donors (Lipinski definition) is 1. The SMILES string of the molecule is O=c1n(Cc2ccnc(-c3ccccc3)c2)cc(O)n1-c1ccc(SC(F)(F)F)cc1. The highest BCUT2D eigenvalue weighted by atomic mass is 32.2. The van der Waals surface area contributed by atoms with E-state index in [1.807, 2.05) is 36.4 Å². The van der Waals surface area contributed by atoms with E-state index in [4.69, 9.17) is 0 Å². The van der Waals surface area contributed by atoms with Crippen LogP contribution in [0.2, 0.25) is 0 Å². The zero-order valence-corrected chi connectivity index (χ0v) is 16.8. The maximum absolute atomic E-state index is 12.8. The van der Waals surface area contributed by atoms with Gasteiger partial charge in [0.1, 0.15) is 0 Å². The van der Waals surface area contributed by atoms with Crippen molar-refractivity contribution in [3.8, 4) is 22.8 Å². The van der Waals surface area contributed by atoms with Gasteiger partial charge in [0.2, 0.25) is 5.88 Å². The van der Waals surface area contributed by atoms with Crippen molar-refractivity contribution in [1.29, 1.82) is 0 Å². The molecule has 0 saturated carbocycles. The van der Waals surface area contributed by atoms with E-state index in [2.05, 4.69) is 4.98 Å². The minimum absolute atomic E-state index is 0.00607. The molecule has 1 N–H and O–H groups in total. The second-order valence-electron chi connectivity index (χ2n) is 6.69. The molecule has 31 heavy (non-hydrogen) atoms. The van der Waals surface area contributed by atoms with Crippen molar-refractivity contribution in [3.05, 3.63) is 95.2 Å². The van der Waals surface area contributed by atoms with E-state index in [1.165, 1.54) is 35.0 Å². The van der Waals surface area contributed by atoms with Crippen molar-refractivity contribution in [2.24, 2.45) is 0 Å². The smallest absolute Gasteiger partial charge is 0.446 e. The standard InChI is InChI=1S/C22H16F3N3O2S/c23-22(24,25)31-18-8-6-17(7-9-18)28-20(29)14-27(21(28)30)13-15-10-11-26-19(12-15)16-4-2-1-3-5-16/h1-12,14,29H,13H2. The third-order valence-corrected chi connectivity index (χ3v) is 5.25. The number of thioether (sulfide) groups is 1. The summed E-state index contributed by atoms with van der Waals surface area (Å²) < 4.78 is 39.9. The number of hydrogen-bond acceptors (Lipinski definition) is 4. The average Bonchev–Trinajstić information content (AvgIpc) is 3.01. The summed E-state index contributed by atoms with van der Waals surface area (Å²) in [5.41, 5.74) is -2.13. The van der Waals surface area contributed by atoms with Gasteiger partial charge in [-0.3, -0.25) is 9.55 Å². The van der Waals surface area contributed by atoms with Crippen LogP contribution in [0.15, 0.2) is 88.8 Å². The third kappa shape index (κ3) is 4.83. The number of aromatic nitrogens is 3.